The van der Waals surface area contributed by atoms with Gasteiger partial charge in [0.05, 0.1) is 0 Å². The second-order valence-corrected chi connectivity index (χ2v) is 5.01. The van der Waals surface area contributed by atoms with Gasteiger partial charge in [-0.25, -0.2) is 0 Å². The van der Waals surface area contributed by atoms with Crippen LogP contribution in [0.2, 0.25) is 0 Å². The first kappa shape index (κ1) is 10.7. The second kappa shape index (κ2) is 4.35. The summed E-state index contributed by atoms with van der Waals surface area (Å²) in [6.45, 7) is 0. The number of benzene rings is 1. The van der Waals surface area contributed by atoms with Gasteiger partial charge in [-0.3, -0.25) is 4.79 Å². The molecule has 2 N–H and O–H groups in total. The number of nitrogens with two attached hydrogens (primary N) is 1. The molecule has 1 saturated carbocycles. The van der Waals surface area contributed by atoms with E-state index < -0.39 is 0 Å². The molecule has 2 rings (SSSR count). The Bertz CT molecular complexity index is 360. The van der Waals surface area contributed by atoms with Crippen molar-refractivity contribution < 1.29 is 4.79 Å². The molecule has 0 aliphatic heterocycles. The zero-order valence-corrected chi connectivity index (χ0v) is 10.0. The molecule has 1 aliphatic carbocycles. The van der Waals surface area contributed by atoms with Crippen LogP contribution in [0.15, 0.2) is 28.7 Å². The van der Waals surface area contributed by atoms with Crippen LogP contribution in [0.4, 0.5) is 0 Å². The molecular weight excluding hydrogens is 254 g/mol. The maximum atomic E-state index is 11.3. The van der Waals surface area contributed by atoms with Gasteiger partial charge >= 0.3 is 0 Å². The SMILES string of the molecule is NC(=O)C1CCCC1c1ccc(Br)cc1. The third kappa shape index (κ3) is 2.23. The Balaban J connectivity index is 2.22. The zero-order valence-electron chi connectivity index (χ0n) is 8.45. The van der Waals surface area contributed by atoms with Crippen molar-refractivity contribution in [2.45, 2.75) is 25.2 Å². The molecule has 1 aromatic carbocycles. The van der Waals surface area contributed by atoms with Gasteiger partial charge in [0.15, 0.2) is 0 Å². The predicted molar refractivity (Wildman–Crippen MR) is 63.4 cm³/mol. The lowest BCUT2D eigenvalue weighted by molar-refractivity contribution is -0.122. The molecule has 1 amide bonds. The highest BCUT2D eigenvalue weighted by molar-refractivity contribution is 9.10. The molecule has 15 heavy (non-hydrogen) atoms. The lowest BCUT2D eigenvalue weighted by Crippen LogP contribution is -2.25. The molecule has 0 heterocycles. The molecule has 0 aromatic heterocycles. The molecule has 0 saturated heterocycles. The van der Waals surface area contributed by atoms with E-state index in [4.69, 9.17) is 5.73 Å². The van der Waals surface area contributed by atoms with Crippen LogP contribution in [-0.2, 0) is 4.79 Å². The van der Waals surface area contributed by atoms with Gasteiger partial charge in [0, 0.05) is 10.4 Å². The van der Waals surface area contributed by atoms with Crippen molar-refractivity contribution in [2.75, 3.05) is 0 Å². The summed E-state index contributed by atoms with van der Waals surface area (Å²) in [5, 5.41) is 0. The Kier molecular flexibility index (Phi) is 3.10. The summed E-state index contributed by atoms with van der Waals surface area (Å²) in [6, 6.07) is 8.20. The van der Waals surface area contributed by atoms with Crippen LogP contribution in [0.25, 0.3) is 0 Å². The van der Waals surface area contributed by atoms with Crippen LogP contribution in [0, 0.1) is 5.92 Å². The minimum atomic E-state index is -0.152. The largest absolute Gasteiger partial charge is 0.369 e. The topological polar surface area (TPSA) is 43.1 Å². The van der Waals surface area contributed by atoms with E-state index in [9.17, 15) is 4.79 Å². The average Bonchev–Trinajstić information content (AvgIpc) is 2.67. The van der Waals surface area contributed by atoms with E-state index >= 15 is 0 Å². The molecule has 0 radical (unpaired) electrons. The summed E-state index contributed by atoms with van der Waals surface area (Å²) in [6.07, 6.45) is 3.12. The van der Waals surface area contributed by atoms with Crippen LogP contribution in [0.5, 0.6) is 0 Å². The molecule has 2 nitrogen and oxygen atoms in total. The van der Waals surface area contributed by atoms with Gasteiger partial charge in [-0.05, 0) is 36.5 Å². The number of rotatable bonds is 2. The molecule has 1 aromatic rings. The van der Waals surface area contributed by atoms with E-state index in [2.05, 4.69) is 28.1 Å². The molecule has 3 heteroatoms. The number of halogens is 1. The van der Waals surface area contributed by atoms with Crippen molar-refractivity contribution in [1.82, 2.24) is 0 Å². The second-order valence-electron chi connectivity index (χ2n) is 4.10. The smallest absolute Gasteiger partial charge is 0.221 e. The third-order valence-corrected chi connectivity index (χ3v) is 3.71. The molecule has 2 atom stereocenters. The molecule has 2 unspecified atom stereocenters. The van der Waals surface area contributed by atoms with Crippen molar-refractivity contribution in [1.29, 1.82) is 0 Å². The third-order valence-electron chi connectivity index (χ3n) is 3.18. The maximum absolute atomic E-state index is 11.3. The van der Waals surface area contributed by atoms with Gasteiger partial charge in [-0.15, -0.1) is 0 Å². The van der Waals surface area contributed by atoms with E-state index in [0.717, 1.165) is 23.7 Å². The highest BCUT2D eigenvalue weighted by Crippen LogP contribution is 2.39. The van der Waals surface area contributed by atoms with Crippen molar-refractivity contribution in [3.63, 3.8) is 0 Å². The number of primary amides is 1. The molecule has 0 bridgehead atoms. The Hall–Kier alpha value is -0.830. The minimum absolute atomic E-state index is 0.0335. The highest BCUT2D eigenvalue weighted by atomic mass is 79.9. The van der Waals surface area contributed by atoms with Gasteiger partial charge in [-0.1, -0.05) is 34.5 Å². The van der Waals surface area contributed by atoms with Crippen LogP contribution < -0.4 is 5.73 Å². The van der Waals surface area contributed by atoms with Gasteiger partial charge in [0.2, 0.25) is 5.91 Å². The Morgan fingerprint density at radius 1 is 1.27 bits per heavy atom. The molecular formula is C12H14BrNO. The number of carbonyl (C=O) groups is 1. The molecule has 1 fully saturated rings. The summed E-state index contributed by atoms with van der Waals surface area (Å²) in [5.41, 5.74) is 6.64. The number of hydrogen-bond acceptors (Lipinski definition) is 1. The summed E-state index contributed by atoms with van der Waals surface area (Å²) in [5.74, 6) is 0.210. The standard InChI is InChI=1S/C12H14BrNO/c13-9-6-4-8(5-7-9)10-2-1-3-11(10)12(14)15/h4-7,10-11H,1-3H2,(H2,14,15). The van der Waals surface area contributed by atoms with Crippen LogP contribution in [-0.4, -0.2) is 5.91 Å². The molecule has 80 valence electrons. The first-order valence-electron chi connectivity index (χ1n) is 5.23. The van der Waals surface area contributed by atoms with E-state index in [1.54, 1.807) is 0 Å². The number of amides is 1. The van der Waals surface area contributed by atoms with Crippen LogP contribution in [0.1, 0.15) is 30.7 Å². The highest BCUT2D eigenvalue weighted by Gasteiger charge is 2.32. The Morgan fingerprint density at radius 2 is 1.93 bits per heavy atom. The maximum Gasteiger partial charge on any atom is 0.221 e. The normalized spacial score (nSPS) is 25.4. The van der Waals surface area contributed by atoms with E-state index in [1.807, 2.05) is 12.1 Å². The van der Waals surface area contributed by atoms with Crippen molar-refractivity contribution in [3.05, 3.63) is 34.3 Å². The van der Waals surface area contributed by atoms with Gasteiger partial charge in [-0.2, -0.15) is 0 Å². The van der Waals surface area contributed by atoms with E-state index in [-0.39, 0.29) is 11.8 Å². The van der Waals surface area contributed by atoms with Crippen LogP contribution in [0.3, 0.4) is 0 Å². The fourth-order valence-electron chi connectivity index (χ4n) is 2.41. The minimum Gasteiger partial charge on any atom is -0.369 e. The zero-order chi connectivity index (χ0) is 10.8. The lowest BCUT2D eigenvalue weighted by Gasteiger charge is -2.16. The summed E-state index contributed by atoms with van der Waals surface area (Å²) in [4.78, 5) is 11.3. The van der Waals surface area contributed by atoms with E-state index in [1.165, 1.54) is 5.56 Å². The summed E-state index contributed by atoms with van der Waals surface area (Å²) < 4.78 is 1.07. The number of hydrogen-bond donors (Lipinski definition) is 1. The van der Waals surface area contributed by atoms with Gasteiger partial charge in [0.25, 0.3) is 0 Å². The van der Waals surface area contributed by atoms with Crippen molar-refractivity contribution in [2.24, 2.45) is 11.7 Å². The summed E-state index contributed by atoms with van der Waals surface area (Å²) >= 11 is 3.41. The summed E-state index contributed by atoms with van der Waals surface area (Å²) in [7, 11) is 0. The lowest BCUT2D eigenvalue weighted by atomic mass is 9.88. The Morgan fingerprint density at radius 3 is 2.53 bits per heavy atom. The molecule has 1 aliphatic rings. The first-order valence-corrected chi connectivity index (χ1v) is 6.02. The van der Waals surface area contributed by atoms with Gasteiger partial charge in [0.1, 0.15) is 0 Å². The van der Waals surface area contributed by atoms with Crippen molar-refractivity contribution >= 4 is 21.8 Å². The average molecular weight is 268 g/mol. The monoisotopic (exact) mass is 267 g/mol. The van der Waals surface area contributed by atoms with E-state index in [0.29, 0.717) is 5.92 Å². The van der Waals surface area contributed by atoms with Crippen molar-refractivity contribution in [3.8, 4) is 0 Å². The molecule has 0 spiro atoms. The predicted octanol–water partition coefficient (Wildman–Crippen LogP) is 2.82. The fourth-order valence-corrected chi connectivity index (χ4v) is 2.67. The van der Waals surface area contributed by atoms with Crippen LogP contribution >= 0.6 is 15.9 Å². The van der Waals surface area contributed by atoms with Gasteiger partial charge < -0.3 is 5.73 Å². The fraction of sp³-hybridized carbons (Fsp3) is 0.417. The quantitative estimate of drug-likeness (QED) is 0.880. The first-order chi connectivity index (χ1) is 7.18. The number of carbonyl (C=O) groups excluding carboxylic acids is 1. The Labute approximate surface area is 98.0 Å².